The summed E-state index contributed by atoms with van der Waals surface area (Å²) in [4.78, 5) is 0. The fraction of sp³-hybridized carbons (Fsp3) is 0.484. The van der Waals surface area contributed by atoms with Crippen molar-refractivity contribution in [3.63, 3.8) is 0 Å². The summed E-state index contributed by atoms with van der Waals surface area (Å²) in [6.45, 7) is 26.5. The van der Waals surface area contributed by atoms with E-state index < -0.39 is 5.41 Å². The molecule has 6 nitrogen and oxygen atoms in total. The monoisotopic (exact) mass is 512 g/mol. The first-order valence-electron chi connectivity index (χ1n) is 13.0. The predicted octanol–water partition coefficient (Wildman–Crippen LogP) is 7.52. The van der Waals surface area contributed by atoms with Crippen molar-refractivity contribution in [2.24, 2.45) is 0 Å². The Hall–Kier alpha value is -3.28. The lowest BCUT2D eigenvalue weighted by Gasteiger charge is -2.32. The summed E-state index contributed by atoms with van der Waals surface area (Å²) in [5, 5.41) is 0. The second-order valence-corrected chi connectivity index (χ2v) is 9.39. The number of ether oxygens (including phenoxy) is 6. The van der Waals surface area contributed by atoms with E-state index in [1.165, 1.54) is 0 Å². The van der Waals surface area contributed by atoms with Crippen LogP contribution < -0.4 is 28.4 Å². The molecule has 0 heterocycles. The fourth-order valence-electron chi connectivity index (χ4n) is 3.99. The molecule has 0 saturated carbocycles. The minimum absolute atomic E-state index is 0.395. The average molecular weight is 513 g/mol. The molecule has 204 valence electrons. The van der Waals surface area contributed by atoms with Crippen molar-refractivity contribution in [2.45, 2.75) is 60.8 Å². The topological polar surface area (TPSA) is 55.4 Å². The zero-order valence-electron chi connectivity index (χ0n) is 23.9. The van der Waals surface area contributed by atoms with Crippen LogP contribution in [0.1, 0.15) is 66.5 Å². The van der Waals surface area contributed by atoms with Gasteiger partial charge in [-0.15, -0.1) is 0 Å². The zero-order chi connectivity index (χ0) is 27.6. The highest BCUT2D eigenvalue weighted by Crippen LogP contribution is 2.51. The maximum atomic E-state index is 6.21. The molecule has 0 amide bonds. The van der Waals surface area contributed by atoms with E-state index in [0.717, 1.165) is 22.3 Å². The van der Waals surface area contributed by atoms with Gasteiger partial charge in [-0.2, -0.15) is 0 Å². The van der Waals surface area contributed by atoms with Crippen molar-refractivity contribution in [2.75, 3.05) is 39.6 Å². The molecule has 2 aromatic rings. The van der Waals surface area contributed by atoms with Crippen LogP contribution in [0.25, 0.3) is 0 Å². The van der Waals surface area contributed by atoms with Crippen LogP contribution >= 0.6 is 0 Å². The molecule has 0 atom stereocenters. The SMILES string of the molecule is C=C(C)COc1ccc(C(C)(C)c2ccc(OCC(=C)C)c(OCC)c2OCC)c(OCC)c1OCC. The third-order valence-corrected chi connectivity index (χ3v) is 5.60. The van der Waals surface area contributed by atoms with Crippen molar-refractivity contribution >= 4 is 0 Å². The summed E-state index contributed by atoms with van der Waals surface area (Å²) in [5.74, 6) is 3.71. The first-order valence-corrected chi connectivity index (χ1v) is 13.0. The molecule has 0 aliphatic rings. The minimum atomic E-state index is -0.549. The molecule has 0 saturated heterocycles. The van der Waals surface area contributed by atoms with Gasteiger partial charge in [0.05, 0.1) is 26.4 Å². The molecule has 2 aromatic carbocycles. The van der Waals surface area contributed by atoms with E-state index in [9.17, 15) is 0 Å². The molecule has 0 N–H and O–H groups in total. The molecular weight excluding hydrogens is 468 g/mol. The molecule has 37 heavy (non-hydrogen) atoms. The van der Waals surface area contributed by atoms with Gasteiger partial charge in [-0.25, -0.2) is 0 Å². The van der Waals surface area contributed by atoms with Gasteiger partial charge in [-0.05, 0) is 64.8 Å². The van der Waals surface area contributed by atoms with E-state index in [1.54, 1.807) is 0 Å². The quantitative estimate of drug-likeness (QED) is 0.217. The standard InChI is InChI=1S/C31H44O6/c1-11-32-27-23(15-17-25(29(27)34-13-3)36-19-21(5)6)31(9,10)24-16-18-26(37-20-22(7)8)30(35-14-4)28(24)33-12-2/h15-18H,5,7,11-14,19-20H2,1-4,6,8-10H3. The molecule has 0 aliphatic carbocycles. The van der Waals surface area contributed by atoms with Gasteiger partial charge in [0.1, 0.15) is 13.2 Å². The van der Waals surface area contributed by atoms with Crippen LogP contribution in [-0.4, -0.2) is 39.6 Å². The molecule has 0 spiro atoms. The normalized spacial score (nSPS) is 11.0. The summed E-state index contributed by atoms with van der Waals surface area (Å²) in [7, 11) is 0. The lowest BCUT2D eigenvalue weighted by atomic mass is 9.76. The van der Waals surface area contributed by atoms with Gasteiger partial charge < -0.3 is 28.4 Å². The molecular formula is C31H44O6. The van der Waals surface area contributed by atoms with Crippen LogP contribution in [0, 0.1) is 0 Å². The predicted molar refractivity (Wildman–Crippen MR) is 150 cm³/mol. The summed E-state index contributed by atoms with van der Waals surface area (Å²) in [6, 6.07) is 7.93. The number of benzene rings is 2. The van der Waals surface area contributed by atoms with Crippen LogP contribution in [0.15, 0.2) is 48.6 Å². The Morgan fingerprint density at radius 1 is 0.568 bits per heavy atom. The Balaban J connectivity index is 2.76. The van der Waals surface area contributed by atoms with Crippen LogP contribution in [0.4, 0.5) is 0 Å². The second kappa shape index (κ2) is 13.9. The van der Waals surface area contributed by atoms with Crippen LogP contribution in [0.2, 0.25) is 0 Å². The highest BCUT2D eigenvalue weighted by Gasteiger charge is 2.35. The molecule has 0 bridgehead atoms. The maximum absolute atomic E-state index is 6.21. The van der Waals surface area contributed by atoms with Gasteiger partial charge in [0, 0.05) is 16.5 Å². The summed E-state index contributed by atoms with van der Waals surface area (Å²) in [5.41, 5.74) is 3.18. The summed E-state index contributed by atoms with van der Waals surface area (Å²) < 4.78 is 36.6. The summed E-state index contributed by atoms with van der Waals surface area (Å²) >= 11 is 0. The smallest absolute Gasteiger partial charge is 0.203 e. The van der Waals surface area contributed by atoms with Crippen molar-refractivity contribution in [3.8, 4) is 34.5 Å². The van der Waals surface area contributed by atoms with Crippen molar-refractivity contribution in [3.05, 3.63) is 59.7 Å². The van der Waals surface area contributed by atoms with E-state index in [0.29, 0.717) is 74.1 Å². The number of hydrogen-bond acceptors (Lipinski definition) is 6. The van der Waals surface area contributed by atoms with Gasteiger partial charge in [0.2, 0.25) is 11.5 Å². The third-order valence-electron chi connectivity index (χ3n) is 5.60. The Bertz CT molecular complexity index is 986. The lowest BCUT2D eigenvalue weighted by Crippen LogP contribution is -2.23. The maximum Gasteiger partial charge on any atom is 0.203 e. The molecule has 2 rings (SSSR count). The van der Waals surface area contributed by atoms with Crippen molar-refractivity contribution in [1.82, 2.24) is 0 Å². The van der Waals surface area contributed by atoms with Gasteiger partial charge in [0.15, 0.2) is 23.0 Å². The minimum Gasteiger partial charge on any atom is -0.490 e. The van der Waals surface area contributed by atoms with Crippen LogP contribution in [0.5, 0.6) is 34.5 Å². The molecule has 0 aromatic heterocycles. The van der Waals surface area contributed by atoms with E-state index in [-0.39, 0.29) is 0 Å². The lowest BCUT2D eigenvalue weighted by molar-refractivity contribution is 0.255. The van der Waals surface area contributed by atoms with Crippen LogP contribution in [-0.2, 0) is 5.41 Å². The third kappa shape index (κ3) is 7.37. The first kappa shape index (κ1) is 29.9. The Morgan fingerprint density at radius 3 is 1.19 bits per heavy atom. The van der Waals surface area contributed by atoms with Gasteiger partial charge in [-0.3, -0.25) is 0 Å². The fourth-order valence-corrected chi connectivity index (χ4v) is 3.99. The highest BCUT2D eigenvalue weighted by atomic mass is 16.5. The Labute approximate surface area is 223 Å². The van der Waals surface area contributed by atoms with Crippen LogP contribution in [0.3, 0.4) is 0 Å². The first-order chi connectivity index (χ1) is 17.6. The van der Waals surface area contributed by atoms with Crippen molar-refractivity contribution < 1.29 is 28.4 Å². The zero-order valence-corrected chi connectivity index (χ0v) is 23.9. The molecule has 0 aliphatic heterocycles. The second-order valence-electron chi connectivity index (χ2n) is 9.39. The molecule has 0 fully saturated rings. The molecule has 0 unspecified atom stereocenters. The van der Waals surface area contributed by atoms with Gasteiger partial charge >= 0.3 is 0 Å². The molecule has 0 radical (unpaired) electrons. The van der Waals surface area contributed by atoms with E-state index in [2.05, 4.69) is 27.0 Å². The number of rotatable bonds is 16. The highest BCUT2D eigenvalue weighted by molar-refractivity contribution is 5.64. The van der Waals surface area contributed by atoms with Gasteiger partial charge in [0.25, 0.3) is 0 Å². The largest absolute Gasteiger partial charge is 0.490 e. The van der Waals surface area contributed by atoms with Crippen molar-refractivity contribution in [1.29, 1.82) is 0 Å². The molecule has 6 heteroatoms. The summed E-state index contributed by atoms with van der Waals surface area (Å²) in [6.07, 6.45) is 0. The van der Waals surface area contributed by atoms with Gasteiger partial charge in [-0.1, -0.05) is 39.1 Å². The number of hydrogen-bond donors (Lipinski definition) is 0. The Kier molecular flexibility index (Phi) is 11.2. The van der Waals surface area contributed by atoms with E-state index in [4.69, 9.17) is 28.4 Å². The average Bonchev–Trinajstić information content (AvgIpc) is 2.84. The van der Waals surface area contributed by atoms with E-state index >= 15 is 0 Å². The van der Waals surface area contributed by atoms with E-state index in [1.807, 2.05) is 65.8 Å². The Morgan fingerprint density at radius 2 is 0.892 bits per heavy atom.